The zero-order chi connectivity index (χ0) is 11.4. The van der Waals surface area contributed by atoms with Gasteiger partial charge in [-0.15, -0.1) is 0 Å². The van der Waals surface area contributed by atoms with Crippen LogP contribution < -0.4 is 5.73 Å². The number of ether oxygens (including phenoxy) is 1. The fourth-order valence-corrected chi connectivity index (χ4v) is 2.28. The van der Waals surface area contributed by atoms with E-state index in [1.165, 1.54) is 7.11 Å². The Morgan fingerprint density at radius 1 is 1.60 bits per heavy atom. The van der Waals surface area contributed by atoms with Gasteiger partial charge in [-0.2, -0.15) is 0 Å². The summed E-state index contributed by atoms with van der Waals surface area (Å²) in [7, 11) is 1.39. The number of hydrogen-bond donors (Lipinski definition) is 1. The first-order valence-corrected chi connectivity index (χ1v) is 5.46. The summed E-state index contributed by atoms with van der Waals surface area (Å²) in [6.45, 7) is 1.95. The number of rotatable bonds is 3. The van der Waals surface area contributed by atoms with Gasteiger partial charge in [-0.3, -0.25) is 4.79 Å². The minimum atomic E-state index is -0.224. The molecule has 1 atom stereocenters. The smallest absolute Gasteiger partial charge is 0.306 e. The average molecular weight is 272 g/mol. The van der Waals surface area contributed by atoms with E-state index in [2.05, 4.69) is 20.7 Å². The second-order valence-electron chi connectivity index (χ2n) is 3.42. The Balaban J connectivity index is 2.90. The first-order valence-electron chi connectivity index (χ1n) is 4.67. The third kappa shape index (κ3) is 2.96. The summed E-state index contributed by atoms with van der Waals surface area (Å²) in [5.74, 6) is -0.175. The second kappa shape index (κ2) is 5.16. The molecule has 0 spiro atoms. The second-order valence-corrected chi connectivity index (χ2v) is 4.28. The van der Waals surface area contributed by atoms with Gasteiger partial charge < -0.3 is 10.5 Å². The van der Waals surface area contributed by atoms with Crippen molar-refractivity contribution in [3.05, 3.63) is 28.2 Å². The van der Waals surface area contributed by atoms with Gasteiger partial charge in [0.05, 0.1) is 13.5 Å². The molecule has 4 heteroatoms. The summed E-state index contributed by atoms with van der Waals surface area (Å²) in [4.78, 5) is 11.1. The van der Waals surface area contributed by atoms with Crippen LogP contribution in [0.4, 0.5) is 5.69 Å². The zero-order valence-corrected chi connectivity index (χ0v) is 10.4. The third-order valence-electron chi connectivity index (χ3n) is 2.28. The fraction of sp³-hybridized carbons (Fsp3) is 0.364. The normalized spacial score (nSPS) is 12.2. The van der Waals surface area contributed by atoms with Gasteiger partial charge in [-0.1, -0.05) is 28.9 Å². The number of esters is 1. The van der Waals surface area contributed by atoms with Gasteiger partial charge in [0.15, 0.2) is 0 Å². The van der Waals surface area contributed by atoms with Crippen LogP contribution in [0.2, 0.25) is 0 Å². The van der Waals surface area contributed by atoms with E-state index >= 15 is 0 Å². The summed E-state index contributed by atoms with van der Waals surface area (Å²) in [5, 5.41) is 0. The molecule has 1 aromatic rings. The van der Waals surface area contributed by atoms with Crippen molar-refractivity contribution in [2.75, 3.05) is 12.8 Å². The molecule has 1 unspecified atom stereocenters. The van der Waals surface area contributed by atoms with Gasteiger partial charge in [0.2, 0.25) is 0 Å². The number of benzene rings is 1. The third-order valence-corrected chi connectivity index (χ3v) is 2.97. The summed E-state index contributed by atoms with van der Waals surface area (Å²) >= 11 is 3.43. The van der Waals surface area contributed by atoms with Crippen LogP contribution in [0.5, 0.6) is 0 Å². The highest BCUT2D eigenvalue weighted by atomic mass is 79.9. The molecule has 0 aliphatic carbocycles. The molecule has 0 saturated heterocycles. The van der Waals surface area contributed by atoms with Crippen LogP contribution in [-0.2, 0) is 9.53 Å². The largest absolute Gasteiger partial charge is 0.469 e. The van der Waals surface area contributed by atoms with Crippen LogP contribution in [0.15, 0.2) is 22.7 Å². The summed E-state index contributed by atoms with van der Waals surface area (Å²) in [6.07, 6.45) is 0.337. The molecule has 0 bridgehead atoms. The fourth-order valence-electron chi connectivity index (χ4n) is 1.51. The Morgan fingerprint density at radius 2 is 2.27 bits per heavy atom. The van der Waals surface area contributed by atoms with Gasteiger partial charge in [-0.25, -0.2) is 0 Å². The standard InChI is InChI=1S/C11H14BrNO2/c1-7(6-10(14)15-2)11-8(12)4-3-5-9(11)13/h3-5,7H,6,13H2,1-2H3. The van der Waals surface area contributed by atoms with E-state index in [-0.39, 0.29) is 11.9 Å². The van der Waals surface area contributed by atoms with Crippen LogP contribution >= 0.6 is 15.9 Å². The van der Waals surface area contributed by atoms with Crippen LogP contribution in [0.25, 0.3) is 0 Å². The highest BCUT2D eigenvalue weighted by molar-refractivity contribution is 9.10. The molecule has 0 amide bonds. The lowest BCUT2D eigenvalue weighted by Crippen LogP contribution is -2.08. The minimum Gasteiger partial charge on any atom is -0.469 e. The molecular formula is C11H14BrNO2. The first-order chi connectivity index (χ1) is 7.06. The highest BCUT2D eigenvalue weighted by Crippen LogP contribution is 2.32. The van der Waals surface area contributed by atoms with Crippen molar-refractivity contribution >= 4 is 27.6 Å². The Kier molecular flexibility index (Phi) is 4.15. The molecule has 82 valence electrons. The molecule has 0 radical (unpaired) electrons. The number of halogens is 1. The molecular weight excluding hydrogens is 258 g/mol. The maximum atomic E-state index is 11.1. The van der Waals surface area contributed by atoms with Gasteiger partial charge in [-0.05, 0) is 23.6 Å². The number of carbonyl (C=O) groups is 1. The minimum absolute atomic E-state index is 0.0491. The number of nitrogens with two attached hydrogens (primary N) is 1. The van der Waals surface area contributed by atoms with Gasteiger partial charge >= 0.3 is 5.97 Å². The molecule has 0 aromatic heterocycles. The van der Waals surface area contributed by atoms with E-state index < -0.39 is 0 Å². The monoisotopic (exact) mass is 271 g/mol. The number of carbonyl (C=O) groups excluding carboxylic acids is 1. The number of hydrogen-bond acceptors (Lipinski definition) is 3. The Bertz CT molecular complexity index is 345. The lowest BCUT2D eigenvalue weighted by atomic mass is 9.96. The molecule has 1 aromatic carbocycles. The van der Waals surface area contributed by atoms with Crippen molar-refractivity contribution in [1.29, 1.82) is 0 Å². The van der Waals surface area contributed by atoms with E-state index in [1.54, 1.807) is 0 Å². The molecule has 0 aliphatic heterocycles. The van der Waals surface area contributed by atoms with Crippen molar-refractivity contribution in [2.24, 2.45) is 0 Å². The van der Waals surface area contributed by atoms with E-state index in [1.807, 2.05) is 25.1 Å². The summed E-state index contributed by atoms with van der Waals surface area (Å²) < 4.78 is 5.56. The topological polar surface area (TPSA) is 52.3 Å². The van der Waals surface area contributed by atoms with Crippen LogP contribution in [0.1, 0.15) is 24.8 Å². The van der Waals surface area contributed by atoms with E-state index in [4.69, 9.17) is 5.73 Å². The van der Waals surface area contributed by atoms with Gasteiger partial charge in [0.1, 0.15) is 0 Å². The Morgan fingerprint density at radius 3 is 2.80 bits per heavy atom. The predicted octanol–water partition coefficient (Wildman–Crippen LogP) is 2.70. The maximum absolute atomic E-state index is 11.1. The lowest BCUT2D eigenvalue weighted by Gasteiger charge is -2.14. The van der Waals surface area contributed by atoms with Gasteiger partial charge in [0.25, 0.3) is 0 Å². The summed E-state index contributed by atoms with van der Waals surface area (Å²) in [5.41, 5.74) is 7.51. The van der Waals surface area contributed by atoms with Crippen molar-refractivity contribution in [2.45, 2.75) is 19.3 Å². The lowest BCUT2D eigenvalue weighted by molar-refractivity contribution is -0.140. The first kappa shape index (κ1) is 12.0. The predicted molar refractivity (Wildman–Crippen MR) is 63.6 cm³/mol. The molecule has 1 rings (SSSR count). The van der Waals surface area contributed by atoms with E-state index in [9.17, 15) is 4.79 Å². The molecule has 0 fully saturated rings. The van der Waals surface area contributed by atoms with Crippen LogP contribution in [0, 0.1) is 0 Å². The van der Waals surface area contributed by atoms with Crippen LogP contribution in [0.3, 0.4) is 0 Å². The molecule has 15 heavy (non-hydrogen) atoms. The number of nitrogen functional groups attached to an aromatic ring is 1. The molecule has 3 nitrogen and oxygen atoms in total. The maximum Gasteiger partial charge on any atom is 0.306 e. The van der Waals surface area contributed by atoms with Crippen molar-refractivity contribution < 1.29 is 9.53 Å². The number of methoxy groups -OCH3 is 1. The molecule has 0 heterocycles. The van der Waals surface area contributed by atoms with Crippen LogP contribution in [-0.4, -0.2) is 13.1 Å². The SMILES string of the molecule is COC(=O)CC(C)c1c(N)cccc1Br. The van der Waals surface area contributed by atoms with Gasteiger partial charge in [0, 0.05) is 10.2 Å². The van der Waals surface area contributed by atoms with E-state index in [0.717, 1.165) is 10.0 Å². The highest BCUT2D eigenvalue weighted by Gasteiger charge is 2.16. The average Bonchev–Trinajstić information content (AvgIpc) is 2.17. The molecule has 0 aliphatic rings. The summed E-state index contributed by atoms with van der Waals surface area (Å²) in [6, 6.07) is 5.61. The Hall–Kier alpha value is -1.03. The number of anilines is 1. The van der Waals surface area contributed by atoms with Crippen molar-refractivity contribution in [3.63, 3.8) is 0 Å². The molecule has 2 N–H and O–H groups in total. The zero-order valence-electron chi connectivity index (χ0n) is 8.79. The Labute approximate surface area is 97.7 Å². The quantitative estimate of drug-likeness (QED) is 0.680. The van der Waals surface area contributed by atoms with Crippen molar-refractivity contribution in [3.8, 4) is 0 Å². The van der Waals surface area contributed by atoms with Crippen molar-refractivity contribution in [1.82, 2.24) is 0 Å². The van der Waals surface area contributed by atoms with E-state index in [0.29, 0.717) is 12.1 Å². The molecule has 0 saturated carbocycles.